The van der Waals surface area contributed by atoms with Crippen LogP contribution in [-0.4, -0.2) is 42.0 Å². The van der Waals surface area contributed by atoms with Crippen LogP contribution in [0.25, 0.3) is 0 Å². The quantitative estimate of drug-likeness (QED) is 0.388. The van der Waals surface area contributed by atoms with Crippen molar-refractivity contribution in [1.29, 1.82) is 0 Å². The molecule has 9 heteroatoms. The molecule has 0 saturated carbocycles. The summed E-state index contributed by atoms with van der Waals surface area (Å²) in [7, 11) is -4.12. The van der Waals surface area contributed by atoms with E-state index in [0.717, 1.165) is 5.57 Å². The molecule has 1 atom stereocenters. The molecule has 0 spiro atoms. The minimum absolute atomic E-state index is 0.106. The van der Waals surface area contributed by atoms with E-state index in [-0.39, 0.29) is 7.77 Å². The van der Waals surface area contributed by atoms with Gasteiger partial charge in [-0.3, -0.25) is 0 Å². The SMILES string of the molecule is COC1=CC2[Te]C(OS(=O)(=O)C(F)(F)F)=CC(C)=C2C=C1. The number of alkyl halides is 3. The molecule has 0 aromatic heterocycles. The Bertz CT molecular complexity index is 671. The summed E-state index contributed by atoms with van der Waals surface area (Å²) in [5.41, 5.74) is -3.78. The molecule has 0 bridgehead atoms. The standard InChI is InChI=1S/C12H11F3O4STe/c1-7-5-11(19-20(16,17)12(13,14)15)21-10-6-8(18-2)3-4-9(7)10/h3-6,10H,1-2H3. The average Bonchev–Trinajstić information content (AvgIpc) is 2.36. The molecule has 1 heterocycles. The number of hydrogen-bond acceptors (Lipinski definition) is 4. The average molecular weight is 436 g/mol. The molecule has 2 aliphatic rings. The van der Waals surface area contributed by atoms with Crippen LogP contribution < -0.4 is 0 Å². The van der Waals surface area contributed by atoms with E-state index in [0.29, 0.717) is 11.3 Å². The molecule has 0 fully saturated rings. The topological polar surface area (TPSA) is 52.6 Å². The van der Waals surface area contributed by atoms with Gasteiger partial charge in [0.1, 0.15) is 0 Å². The summed E-state index contributed by atoms with van der Waals surface area (Å²) in [6.45, 7) is 1.70. The Labute approximate surface area is 130 Å². The van der Waals surface area contributed by atoms with Gasteiger partial charge >= 0.3 is 130 Å². The Hall–Kier alpha value is -0.910. The molecule has 1 unspecified atom stereocenters. The van der Waals surface area contributed by atoms with Crippen molar-refractivity contribution in [2.75, 3.05) is 7.11 Å². The van der Waals surface area contributed by atoms with Crippen molar-refractivity contribution < 1.29 is 30.5 Å². The van der Waals surface area contributed by atoms with Crippen molar-refractivity contribution in [3.05, 3.63) is 45.0 Å². The number of fused-ring (bicyclic) bond motifs is 1. The van der Waals surface area contributed by atoms with E-state index in [1.165, 1.54) is 13.2 Å². The van der Waals surface area contributed by atoms with E-state index >= 15 is 0 Å². The summed E-state index contributed by atoms with van der Waals surface area (Å²) in [6, 6.07) is 0. The normalized spacial score (nSPS) is 22.4. The zero-order valence-electron chi connectivity index (χ0n) is 11.0. The molecule has 0 saturated heterocycles. The van der Waals surface area contributed by atoms with Gasteiger partial charge in [0, 0.05) is 0 Å². The van der Waals surface area contributed by atoms with Gasteiger partial charge in [-0.1, -0.05) is 0 Å². The molecule has 1 aliphatic heterocycles. The van der Waals surface area contributed by atoms with Gasteiger partial charge in [-0.15, -0.1) is 0 Å². The van der Waals surface area contributed by atoms with Crippen molar-refractivity contribution in [1.82, 2.24) is 0 Å². The summed E-state index contributed by atoms with van der Waals surface area (Å²) in [6.07, 6.45) is 6.73. The zero-order chi connectivity index (χ0) is 15.8. The van der Waals surface area contributed by atoms with Crippen LogP contribution in [0.4, 0.5) is 13.2 Å². The third kappa shape index (κ3) is 3.47. The Morgan fingerprint density at radius 2 is 1.95 bits per heavy atom. The third-order valence-electron chi connectivity index (χ3n) is 2.79. The molecule has 0 amide bonds. The first-order valence-corrected chi connectivity index (χ1v) is 9.59. The van der Waals surface area contributed by atoms with Gasteiger partial charge in [-0.25, -0.2) is 0 Å². The minimum atomic E-state index is -5.61. The summed E-state index contributed by atoms with van der Waals surface area (Å²) in [5, 5.41) is 0. The summed E-state index contributed by atoms with van der Waals surface area (Å²) >= 11 is -1.30. The summed E-state index contributed by atoms with van der Waals surface area (Å²) in [5.74, 6) is 0.599. The number of methoxy groups -OCH3 is 1. The number of hydrogen-bond donors (Lipinski definition) is 0. The summed E-state index contributed by atoms with van der Waals surface area (Å²) in [4.78, 5) is 0. The van der Waals surface area contributed by atoms with Crippen molar-refractivity contribution in [2.24, 2.45) is 0 Å². The molecule has 0 N–H and O–H groups in total. The van der Waals surface area contributed by atoms with Gasteiger partial charge in [0.15, 0.2) is 0 Å². The third-order valence-corrected chi connectivity index (χ3v) is 7.16. The van der Waals surface area contributed by atoms with E-state index in [2.05, 4.69) is 4.18 Å². The second-order valence-corrected chi connectivity index (χ2v) is 9.04. The van der Waals surface area contributed by atoms with Crippen LogP contribution >= 0.6 is 0 Å². The van der Waals surface area contributed by atoms with Gasteiger partial charge < -0.3 is 0 Å². The molecular formula is C12H11F3O4STe. The number of ether oxygens (including phenoxy) is 1. The first-order chi connectivity index (χ1) is 9.64. The second-order valence-electron chi connectivity index (χ2n) is 4.23. The maximum absolute atomic E-state index is 12.4. The fourth-order valence-electron chi connectivity index (χ4n) is 1.77. The maximum atomic E-state index is 12.4. The molecule has 0 radical (unpaired) electrons. The predicted molar refractivity (Wildman–Crippen MR) is 70.6 cm³/mol. The fraction of sp³-hybridized carbons (Fsp3) is 0.333. The van der Waals surface area contributed by atoms with Crippen molar-refractivity contribution in [2.45, 2.75) is 16.4 Å². The molecule has 2 rings (SSSR count). The van der Waals surface area contributed by atoms with E-state index in [4.69, 9.17) is 4.74 Å². The van der Waals surface area contributed by atoms with Crippen molar-refractivity contribution in [3.8, 4) is 0 Å². The summed E-state index contributed by atoms with van der Waals surface area (Å²) < 4.78 is 68.3. The van der Waals surface area contributed by atoms with Crippen LogP contribution in [0.15, 0.2) is 45.0 Å². The Morgan fingerprint density at radius 1 is 1.29 bits per heavy atom. The van der Waals surface area contributed by atoms with Gasteiger partial charge in [-0.2, -0.15) is 0 Å². The molecular weight excluding hydrogens is 425 g/mol. The van der Waals surface area contributed by atoms with Gasteiger partial charge in [0.25, 0.3) is 0 Å². The monoisotopic (exact) mass is 438 g/mol. The number of allylic oxidation sites excluding steroid dienone is 6. The molecule has 4 nitrogen and oxygen atoms in total. The molecule has 0 aromatic rings. The molecule has 0 aromatic carbocycles. The first-order valence-electron chi connectivity index (χ1n) is 5.68. The molecule has 21 heavy (non-hydrogen) atoms. The van der Waals surface area contributed by atoms with E-state index in [9.17, 15) is 21.6 Å². The Morgan fingerprint density at radius 3 is 2.52 bits per heavy atom. The Kier molecular flexibility index (Phi) is 4.47. The fourth-order valence-corrected chi connectivity index (χ4v) is 6.38. The van der Waals surface area contributed by atoms with Crippen LogP contribution in [0.3, 0.4) is 0 Å². The van der Waals surface area contributed by atoms with Crippen LogP contribution in [0, 0.1) is 0 Å². The number of rotatable bonds is 3. The van der Waals surface area contributed by atoms with E-state index < -0.39 is 36.5 Å². The van der Waals surface area contributed by atoms with E-state index in [1.807, 2.05) is 6.08 Å². The zero-order valence-corrected chi connectivity index (χ0v) is 14.1. The first kappa shape index (κ1) is 16.5. The predicted octanol–water partition coefficient (Wildman–Crippen LogP) is 2.62. The van der Waals surface area contributed by atoms with Gasteiger partial charge in [-0.05, 0) is 0 Å². The van der Waals surface area contributed by atoms with Crippen LogP contribution in [-0.2, 0) is 19.0 Å². The van der Waals surface area contributed by atoms with Crippen LogP contribution in [0.5, 0.6) is 0 Å². The number of halogens is 3. The van der Waals surface area contributed by atoms with Crippen LogP contribution in [0.1, 0.15) is 6.92 Å². The van der Waals surface area contributed by atoms with Gasteiger partial charge in [0.2, 0.25) is 0 Å². The molecule has 116 valence electrons. The van der Waals surface area contributed by atoms with Gasteiger partial charge in [0.05, 0.1) is 0 Å². The van der Waals surface area contributed by atoms with Crippen LogP contribution in [0.2, 0.25) is 3.97 Å². The van der Waals surface area contributed by atoms with Crippen molar-refractivity contribution >= 4 is 31.0 Å². The second kappa shape index (κ2) is 5.71. The molecule has 1 aliphatic carbocycles. The van der Waals surface area contributed by atoms with Crippen molar-refractivity contribution in [3.63, 3.8) is 0 Å². The Balaban J connectivity index is 2.29. The van der Waals surface area contributed by atoms with E-state index in [1.54, 1.807) is 19.1 Å².